The summed E-state index contributed by atoms with van der Waals surface area (Å²) < 4.78 is 7.30. The topological polar surface area (TPSA) is 59.4 Å². The molecule has 2 heterocycles. The monoisotopic (exact) mass is 342 g/mol. The number of anilines is 1. The molecule has 1 unspecified atom stereocenters. The van der Waals surface area contributed by atoms with Crippen LogP contribution in [0.4, 0.5) is 10.6 Å². The van der Waals surface area contributed by atoms with Gasteiger partial charge in [0.25, 0.3) is 0 Å². The van der Waals surface area contributed by atoms with Crippen LogP contribution in [-0.2, 0) is 13.1 Å². The van der Waals surface area contributed by atoms with Crippen LogP contribution >= 0.6 is 0 Å². The zero-order valence-corrected chi connectivity index (χ0v) is 15.3. The lowest BCUT2D eigenvalue weighted by Gasteiger charge is -2.20. The van der Waals surface area contributed by atoms with Crippen molar-refractivity contribution in [1.29, 1.82) is 0 Å². The van der Waals surface area contributed by atoms with Crippen LogP contribution in [0.2, 0.25) is 0 Å². The number of urea groups is 1. The molecule has 0 bridgehead atoms. The van der Waals surface area contributed by atoms with Crippen molar-refractivity contribution in [3.8, 4) is 5.75 Å². The van der Waals surface area contributed by atoms with Crippen molar-refractivity contribution in [2.24, 2.45) is 5.92 Å². The highest BCUT2D eigenvalue weighted by molar-refractivity contribution is 5.88. The number of rotatable bonds is 5. The van der Waals surface area contributed by atoms with Gasteiger partial charge in [0.2, 0.25) is 0 Å². The summed E-state index contributed by atoms with van der Waals surface area (Å²) in [4.78, 5) is 14.5. The van der Waals surface area contributed by atoms with E-state index >= 15 is 0 Å². The van der Waals surface area contributed by atoms with Crippen LogP contribution in [0.1, 0.15) is 44.4 Å². The van der Waals surface area contributed by atoms with Gasteiger partial charge in [-0.25, -0.2) is 9.48 Å². The van der Waals surface area contributed by atoms with Crippen molar-refractivity contribution in [2.75, 3.05) is 12.4 Å². The summed E-state index contributed by atoms with van der Waals surface area (Å²) in [6.07, 6.45) is 2.74. The van der Waals surface area contributed by atoms with Gasteiger partial charge in [0.05, 0.1) is 25.9 Å². The van der Waals surface area contributed by atoms with E-state index in [0.29, 0.717) is 19.0 Å². The molecule has 0 saturated carbocycles. The fraction of sp³-hybridized carbons (Fsp3) is 0.474. The van der Waals surface area contributed by atoms with E-state index in [1.165, 1.54) is 0 Å². The lowest BCUT2D eigenvalue weighted by Crippen LogP contribution is -2.31. The second-order valence-corrected chi connectivity index (χ2v) is 7.02. The number of methoxy groups -OCH3 is 1. The average molecular weight is 342 g/mol. The number of fused-ring (bicyclic) bond motifs is 1. The number of benzene rings is 1. The molecule has 0 radical (unpaired) electrons. The predicted octanol–water partition coefficient (Wildman–Crippen LogP) is 4.05. The summed E-state index contributed by atoms with van der Waals surface area (Å²) in [5, 5.41) is 7.38. The van der Waals surface area contributed by atoms with Crippen LogP contribution in [0.25, 0.3) is 0 Å². The fourth-order valence-corrected chi connectivity index (χ4v) is 3.46. The average Bonchev–Trinajstić information content (AvgIpc) is 3.20. The standard InChI is InChI=1S/C19H26N4O2/c1-13(2)10-14(3)23-18(8-9-20-23)21-19(24)22-11-15-6-5-7-17(25-4)16(15)12-22/h5-9,13-14H,10-12H2,1-4H3,(H,21,24). The molecule has 0 aliphatic carbocycles. The third-order valence-corrected chi connectivity index (χ3v) is 4.58. The van der Waals surface area contributed by atoms with Crippen LogP contribution in [0.5, 0.6) is 5.75 Å². The summed E-state index contributed by atoms with van der Waals surface area (Å²) in [5.41, 5.74) is 2.22. The quantitative estimate of drug-likeness (QED) is 0.892. The first kappa shape index (κ1) is 17.3. The predicted molar refractivity (Wildman–Crippen MR) is 97.7 cm³/mol. The van der Waals surface area contributed by atoms with E-state index < -0.39 is 0 Å². The second-order valence-electron chi connectivity index (χ2n) is 7.02. The van der Waals surface area contributed by atoms with Gasteiger partial charge in [0, 0.05) is 18.2 Å². The smallest absolute Gasteiger partial charge is 0.323 e. The molecule has 0 spiro atoms. The number of carbonyl (C=O) groups excluding carboxylic acids is 1. The lowest BCUT2D eigenvalue weighted by molar-refractivity contribution is 0.212. The Balaban J connectivity index is 1.70. The van der Waals surface area contributed by atoms with Gasteiger partial charge in [0.1, 0.15) is 11.6 Å². The molecule has 6 nitrogen and oxygen atoms in total. The first-order valence-corrected chi connectivity index (χ1v) is 8.73. The normalized spacial score (nSPS) is 14.5. The molecule has 2 amide bonds. The Kier molecular flexibility index (Phi) is 4.97. The van der Waals surface area contributed by atoms with Gasteiger partial charge in [-0.3, -0.25) is 5.32 Å². The van der Waals surface area contributed by atoms with Crippen LogP contribution in [0.3, 0.4) is 0 Å². The molecule has 0 fully saturated rings. The molecule has 2 aromatic rings. The van der Waals surface area contributed by atoms with Gasteiger partial charge < -0.3 is 9.64 Å². The van der Waals surface area contributed by atoms with E-state index in [1.54, 1.807) is 18.2 Å². The summed E-state index contributed by atoms with van der Waals surface area (Å²) in [6.45, 7) is 7.65. The minimum absolute atomic E-state index is 0.114. The van der Waals surface area contributed by atoms with Gasteiger partial charge >= 0.3 is 6.03 Å². The zero-order chi connectivity index (χ0) is 18.0. The van der Waals surface area contributed by atoms with Gasteiger partial charge in [-0.15, -0.1) is 0 Å². The first-order chi connectivity index (χ1) is 12.0. The Morgan fingerprint density at radius 1 is 1.28 bits per heavy atom. The van der Waals surface area contributed by atoms with Crippen LogP contribution < -0.4 is 10.1 Å². The van der Waals surface area contributed by atoms with Gasteiger partial charge in [0.15, 0.2) is 0 Å². The van der Waals surface area contributed by atoms with E-state index in [0.717, 1.165) is 29.1 Å². The van der Waals surface area contributed by atoms with Crippen LogP contribution in [0, 0.1) is 5.92 Å². The molecule has 134 valence electrons. The van der Waals surface area contributed by atoms with E-state index in [9.17, 15) is 4.79 Å². The second kappa shape index (κ2) is 7.17. The van der Waals surface area contributed by atoms with Crippen LogP contribution in [0.15, 0.2) is 30.5 Å². The Labute approximate surface area is 148 Å². The minimum atomic E-state index is -0.114. The highest BCUT2D eigenvalue weighted by atomic mass is 16.5. The van der Waals surface area contributed by atoms with Crippen molar-refractivity contribution in [2.45, 2.75) is 46.3 Å². The highest BCUT2D eigenvalue weighted by Gasteiger charge is 2.26. The summed E-state index contributed by atoms with van der Waals surface area (Å²) in [6, 6.07) is 7.90. The molecular weight excluding hydrogens is 316 g/mol. The number of nitrogens with one attached hydrogen (secondary N) is 1. The molecule has 1 N–H and O–H groups in total. The first-order valence-electron chi connectivity index (χ1n) is 8.73. The van der Waals surface area contributed by atoms with E-state index in [-0.39, 0.29) is 12.1 Å². The molecule has 1 aliphatic rings. The summed E-state index contributed by atoms with van der Waals surface area (Å²) >= 11 is 0. The Bertz CT molecular complexity index is 754. The minimum Gasteiger partial charge on any atom is -0.496 e. The largest absolute Gasteiger partial charge is 0.496 e. The fourth-order valence-electron chi connectivity index (χ4n) is 3.46. The van der Waals surface area contributed by atoms with Crippen molar-refractivity contribution in [3.63, 3.8) is 0 Å². The van der Waals surface area contributed by atoms with Crippen molar-refractivity contribution >= 4 is 11.8 Å². The Morgan fingerprint density at radius 3 is 2.80 bits per heavy atom. The molecule has 0 saturated heterocycles. The third-order valence-electron chi connectivity index (χ3n) is 4.58. The molecule has 3 rings (SSSR count). The molecule has 1 aliphatic heterocycles. The zero-order valence-electron chi connectivity index (χ0n) is 15.3. The van der Waals surface area contributed by atoms with E-state index in [4.69, 9.17) is 4.74 Å². The van der Waals surface area contributed by atoms with Gasteiger partial charge in [-0.1, -0.05) is 26.0 Å². The number of hydrogen-bond donors (Lipinski definition) is 1. The van der Waals surface area contributed by atoms with Crippen molar-refractivity contribution in [1.82, 2.24) is 14.7 Å². The number of nitrogens with zero attached hydrogens (tertiary/aromatic N) is 3. The van der Waals surface area contributed by atoms with Crippen molar-refractivity contribution < 1.29 is 9.53 Å². The number of amides is 2. The third kappa shape index (κ3) is 3.62. The number of carbonyl (C=O) groups is 1. The van der Waals surface area contributed by atoms with E-state index in [2.05, 4.69) is 31.2 Å². The Morgan fingerprint density at radius 2 is 2.08 bits per heavy atom. The SMILES string of the molecule is COc1cccc2c1CN(C(=O)Nc1ccnn1C(C)CC(C)C)C2. The Hall–Kier alpha value is -2.50. The maximum Gasteiger partial charge on any atom is 0.323 e. The summed E-state index contributed by atoms with van der Waals surface area (Å²) in [5.74, 6) is 2.15. The molecule has 1 atom stereocenters. The van der Waals surface area contributed by atoms with Gasteiger partial charge in [-0.05, 0) is 30.9 Å². The highest BCUT2D eigenvalue weighted by Crippen LogP contribution is 2.31. The summed E-state index contributed by atoms with van der Waals surface area (Å²) in [7, 11) is 1.66. The lowest BCUT2D eigenvalue weighted by atomic mass is 10.1. The molecule has 1 aromatic heterocycles. The molecule has 6 heteroatoms. The van der Waals surface area contributed by atoms with Crippen molar-refractivity contribution in [3.05, 3.63) is 41.6 Å². The maximum atomic E-state index is 12.7. The number of aromatic nitrogens is 2. The molecular formula is C19H26N4O2. The number of ether oxygens (including phenoxy) is 1. The molecule has 1 aromatic carbocycles. The number of hydrogen-bond acceptors (Lipinski definition) is 3. The maximum absolute atomic E-state index is 12.7. The van der Waals surface area contributed by atoms with E-state index in [1.807, 2.05) is 28.9 Å². The van der Waals surface area contributed by atoms with Crippen LogP contribution in [-0.4, -0.2) is 27.8 Å². The van der Waals surface area contributed by atoms with Gasteiger partial charge in [-0.2, -0.15) is 5.10 Å². The molecule has 25 heavy (non-hydrogen) atoms.